The van der Waals surface area contributed by atoms with E-state index in [-0.39, 0.29) is 11.7 Å². The van der Waals surface area contributed by atoms with Gasteiger partial charge in [-0.05, 0) is 48.9 Å². The quantitative estimate of drug-likeness (QED) is 0.585. The van der Waals surface area contributed by atoms with Crippen LogP contribution in [-0.4, -0.2) is 48.3 Å². The molecule has 4 rings (SSSR count). The maximum atomic E-state index is 12.9. The highest BCUT2D eigenvalue weighted by Gasteiger charge is 2.25. The van der Waals surface area contributed by atoms with Gasteiger partial charge in [-0.1, -0.05) is 18.2 Å². The van der Waals surface area contributed by atoms with Crippen molar-refractivity contribution in [3.05, 3.63) is 77.7 Å². The highest BCUT2D eigenvalue weighted by atomic mass is 32.2. The third-order valence-corrected chi connectivity index (χ3v) is 6.71. The normalized spacial score (nSPS) is 15.0. The van der Waals surface area contributed by atoms with E-state index in [1.54, 1.807) is 24.1 Å². The van der Waals surface area contributed by atoms with Gasteiger partial charge in [-0.25, -0.2) is 0 Å². The fourth-order valence-corrected chi connectivity index (χ4v) is 4.80. The van der Waals surface area contributed by atoms with Gasteiger partial charge in [0.25, 0.3) is 5.91 Å². The summed E-state index contributed by atoms with van der Waals surface area (Å²) in [6.45, 7) is 4.68. The van der Waals surface area contributed by atoms with Gasteiger partial charge in [0.1, 0.15) is 11.5 Å². The predicted octanol–water partition coefficient (Wildman–Crippen LogP) is 3.87. The summed E-state index contributed by atoms with van der Waals surface area (Å²) in [5.41, 5.74) is 2.15. The summed E-state index contributed by atoms with van der Waals surface area (Å²) in [6.07, 6.45) is 0. The number of hydrogen-bond donors (Lipinski definition) is 0. The Labute approximate surface area is 184 Å². The average Bonchev–Trinajstić information content (AvgIpc) is 3.27. The molecule has 31 heavy (non-hydrogen) atoms. The molecule has 1 aliphatic heterocycles. The van der Waals surface area contributed by atoms with Gasteiger partial charge in [-0.3, -0.25) is 9.00 Å². The van der Waals surface area contributed by atoms with Gasteiger partial charge in [0.05, 0.1) is 23.7 Å². The van der Waals surface area contributed by atoms with Crippen LogP contribution in [0.15, 0.2) is 70.0 Å². The number of piperazine rings is 1. The second-order valence-corrected chi connectivity index (χ2v) is 9.00. The lowest BCUT2D eigenvalue weighted by Gasteiger charge is -2.35. The van der Waals surface area contributed by atoms with Crippen molar-refractivity contribution in [1.82, 2.24) is 4.90 Å². The summed E-state index contributed by atoms with van der Waals surface area (Å²) in [6, 6.07) is 19.0. The molecule has 0 N–H and O–H groups in total. The summed E-state index contributed by atoms with van der Waals surface area (Å²) in [7, 11) is 0.443. The third-order valence-electron chi connectivity index (χ3n) is 5.38. The molecule has 0 saturated carbocycles. The molecule has 0 aliphatic carbocycles. The van der Waals surface area contributed by atoms with E-state index in [0.717, 1.165) is 35.0 Å². The van der Waals surface area contributed by atoms with Crippen LogP contribution in [0, 0.1) is 6.92 Å². The van der Waals surface area contributed by atoms with Crippen LogP contribution in [0.1, 0.15) is 21.9 Å². The van der Waals surface area contributed by atoms with E-state index in [9.17, 15) is 9.00 Å². The number of ether oxygens (including phenoxy) is 1. The average molecular weight is 439 g/mol. The molecule has 7 heteroatoms. The molecule has 2 aromatic carbocycles. The molecule has 0 unspecified atom stereocenters. The second-order valence-electron chi connectivity index (χ2n) is 7.55. The topological polar surface area (TPSA) is 63.0 Å². The SMILES string of the molecule is COc1cccc(N2CCN(C(=O)c3ccc(C[S@](=O)c4cccc(C)c4)o3)CC2)c1. The van der Waals surface area contributed by atoms with E-state index in [0.29, 0.717) is 24.6 Å². The number of methoxy groups -OCH3 is 1. The first-order valence-electron chi connectivity index (χ1n) is 10.3. The Morgan fingerprint density at radius 3 is 2.55 bits per heavy atom. The van der Waals surface area contributed by atoms with Crippen LogP contribution in [0.25, 0.3) is 0 Å². The first-order chi connectivity index (χ1) is 15.0. The lowest BCUT2D eigenvalue weighted by molar-refractivity contribution is 0.0713. The van der Waals surface area contributed by atoms with Crippen LogP contribution >= 0.6 is 0 Å². The minimum absolute atomic E-state index is 0.127. The Balaban J connectivity index is 1.35. The fraction of sp³-hybridized carbons (Fsp3) is 0.292. The number of carbonyl (C=O) groups is 1. The van der Waals surface area contributed by atoms with Crippen LogP contribution in [0.5, 0.6) is 5.75 Å². The van der Waals surface area contributed by atoms with Crippen LogP contribution in [0.2, 0.25) is 0 Å². The molecule has 1 aliphatic rings. The molecule has 162 valence electrons. The number of nitrogens with zero attached hydrogens (tertiary/aromatic N) is 2. The molecule has 0 radical (unpaired) electrons. The standard InChI is InChI=1S/C24H26N2O4S/c1-18-5-3-8-22(15-18)31(28)17-21-9-10-23(30-21)24(27)26-13-11-25(12-14-26)19-6-4-7-20(16-19)29-2/h3-10,15-16H,11-14,17H2,1-2H3/t31-/m0/s1. The van der Waals surface area contributed by atoms with Crippen molar-refractivity contribution < 1.29 is 18.2 Å². The van der Waals surface area contributed by atoms with Crippen LogP contribution in [-0.2, 0) is 16.6 Å². The third kappa shape index (κ3) is 4.99. The lowest BCUT2D eigenvalue weighted by atomic mass is 10.2. The number of furan rings is 1. The van der Waals surface area contributed by atoms with E-state index in [1.165, 1.54) is 0 Å². The molecule has 0 spiro atoms. The minimum atomic E-state index is -1.21. The van der Waals surface area contributed by atoms with E-state index >= 15 is 0 Å². The zero-order chi connectivity index (χ0) is 21.8. The summed E-state index contributed by atoms with van der Waals surface area (Å²) >= 11 is 0. The summed E-state index contributed by atoms with van der Waals surface area (Å²) in [5.74, 6) is 1.80. The van der Waals surface area contributed by atoms with Gasteiger partial charge in [0.2, 0.25) is 0 Å². The van der Waals surface area contributed by atoms with Crippen molar-refractivity contribution >= 4 is 22.4 Å². The number of hydrogen-bond acceptors (Lipinski definition) is 5. The largest absolute Gasteiger partial charge is 0.497 e. The summed E-state index contributed by atoms with van der Waals surface area (Å²) in [5, 5.41) is 0. The Hall–Kier alpha value is -3.06. The van der Waals surface area contributed by atoms with Gasteiger partial charge in [-0.2, -0.15) is 0 Å². The van der Waals surface area contributed by atoms with Gasteiger partial charge in [0, 0.05) is 42.8 Å². The molecular formula is C24H26N2O4S. The number of aryl methyl sites for hydroxylation is 1. The molecule has 1 atom stereocenters. The summed E-state index contributed by atoms with van der Waals surface area (Å²) in [4.78, 5) is 17.7. The Morgan fingerprint density at radius 2 is 1.81 bits per heavy atom. The van der Waals surface area contributed by atoms with Crippen molar-refractivity contribution in [3.63, 3.8) is 0 Å². The van der Waals surface area contributed by atoms with Crippen molar-refractivity contribution in [1.29, 1.82) is 0 Å². The first-order valence-corrected chi connectivity index (χ1v) is 11.6. The van der Waals surface area contributed by atoms with Crippen molar-refractivity contribution in [3.8, 4) is 5.75 Å². The van der Waals surface area contributed by atoms with Crippen LogP contribution in [0.3, 0.4) is 0 Å². The van der Waals surface area contributed by atoms with Gasteiger partial charge >= 0.3 is 0 Å². The minimum Gasteiger partial charge on any atom is -0.497 e. The smallest absolute Gasteiger partial charge is 0.289 e. The van der Waals surface area contributed by atoms with Crippen molar-refractivity contribution in [2.75, 3.05) is 38.2 Å². The Kier molecular flexibility index (Phi) is 6.42. The van der Waals surface area contributed by atoms with Gasteiger partial charge in [-0.15, -0.1) is 0 Å². The predicted molar refractivity (Wildman–Crippen MR) is 121 cm³/mol. The van der Waals surface area contributed by atoms with Gasteiger partial charge in [0.15, 0.2) is 5.76 Å². The molecule has 0 bridgehead atoms. The monoisotopic (exact) mass is 438 g/mol. The van der Waals surface area contributed by atoms with E-state index in [2.05, 4.69) is 4.90 Å². The second kappa shape index (κ2) is 9.39. The van der Waals surface area contributed by atoms with Crippen LogP contribution in [0.4, 0.5) is 5.69 Å². The molecule has 6 nitrogen and oxygen atoms in total. The first kappa shape index (κ1) is 21.2. The van der Waals surface area contributed by atoms with E-state index in [1.807, 2.05) is 55.5 Å². The molecule has 1 saturated heterocycles. The maximum Gasteiger partial charge on any atom is 0.289 e. The van der Waals surface area contributed by atoms with E-state index in [4.69, 9.17) is 9.15 Å². The number of benzene rings is 2. The highest BCUT2D eigenvalue weighted by Crippen LogP contribution is 2.23. The number of amides is 1. The molecule has 1 amide bonds. The van der Waals surface area contributed by atoms with Crippen molar-refractivity contribution in [2.24, 2.45) is 0 Å². The lowest BCUT2D eigenvalue weighted by Crippen LogP contribution is -2.48. The maximum absolute atomic E-state index is 12.9. The number of carbonyl (C=O) groups excluding carboxylic acids is 1. The zero-order valence-electron chi connectivity index (χ0n) is 17.7. The van der Waals surface area contributed by atoms with Crippen LogP contribution < -0.4 is 9.64 Å². The molecule has 3 aromatic rings. The zero-order valence-corrected chi connectivity index (χ0v) is 18.6. The molecule has 1 fully saturated rings. The Morgan fingerprint density at radius 1 is 1.03 bits per heavy atom. The van der Waals surface area contributed by atoms with Gasteiger partial charge < -0.3 is 19.0 Å². The van der Waals surface area contributed by atoms with Crippen molar-refractivity contribution in [2.45, 2.75) is 17.6 Å². The van der Waals surface area contributed by atoms with E-state index < -0.39 is 10.8 Å². The molecule has 2 heterocycles. The number of rotatable bonds is 6. The Bertz CT molecular complexity index is 1090. The highest BCUT2D eigenvalue weighted by molar-refractivity contribution is 7.84. The molecular weight excluding hydrogens is 412 g/mol. The fourth-order valence-electron chi connectivity index (χ4n) is 3.67. The molecule has 1 aromatic heterocycles. The number of anilines is 1. The summed E-state index contributed by atoms with van der Waals surface area (Å²) < 4.78 is 23.7.